The number of aliphatic hydroxyl groups excluding tert-OH is 1. The molecule has 0 saturated carbocycles. The fourth-order valence-electron chi connectivity index (χ4n) is 2.77. The zero-order valence-corrected chi connectivity index (χ0v) is 10.9. The summed E-state index contributed by atoms with van der Waals surface area (Å²) in [6.45, 7) is 1.90. The Kier molecular flexibility index (Phi) is 3.16. The van der Waals surface area contributed by atoms with Crippen LogP contribution in [0.15, 0.2) is 27.4 Å². The predicted molar refractivity (Wildman–Crippen MR) is 72.0 cm³/mol. The van der Waals surface area contributed by atoms with Crippen LogP contribution in [0.5, 0.6) is 0 Å². The van der Waals surface area contributed by atoms with Crippen molar-refractivity contribution in [3.63, 3.8) is 0 Å². The highest BCUT2D eigenvalue weighted by Gasteiger charge is 2.23. The van der Waals surface area contributed by atoms with Crippen molar-refractivity contribution in [3.05, 3.63) is 34.3 Å². The first-order chi connectivity index (χ1) is 9.16. The van der Waals surface area contributed by atoms with Crippen LogP contribution in [0.25, 0.3) is 11.1 Å². The molecule has 1 aromatic heterocycles. The van der Waals surface area contributed by atoms with Gasteiger partial charge in [-0.15, -0.1) is 0 Å². The number of nitrogens with zero attached hydrogens (tertiary/aromatic N) is 1. The highest BCUT2D eigenvalue weighted by molar-refractivity contribution is 5.73. The lowest BCUT2D eigenvalue weighted by Crippen LogP contribution is -2.30. The van der Waals surface area contributed by atoms with Gasteiger partial charge in [-0.3, -0.25) is 4.57 Å². The molecule has 2 aromatic rings. The Morgan fingerprint density at radius 2 is 2.16 bits per heavy atom. The second kappa shape index (κ2) is 4.83. The minimum Gasteiger partial charge on any atom is -0.408 e. The Balaban J connectivity index is 1.94. The zero-order valence-electron chi connectivity index (χ0n) is 10.9. The molecular formula is C14H18N2O3. The Bertz CT molecular complexity index is 638. The number of aromatic nitrogens is 1. The Morgan fingerprint density at radius 1 is 1.42 bits per heavy atom. The molecule has 2 heterocycles. The van der Waals surface area contributed by atoms with Gasteiger partial charge >= 0.3 is 5.76 Å². The number of hydrogen-bond donors (Lipinski definition) is 2. The van der Waals surface area contributed by atoms with Crippen LogP contribution in [-0.4, -0.2) is 22.8 Å². The van der Waals surface area contributed by atoms with E-state index in [9.17, 15) is 9.90 Å². The fourth-order valence-corrected chi connectivity index (χ4v) is 2.77. The second-order valence-electron chi connectivity index (χ2n) is 5.19. The van der Waals surface area contributed by atoms with Gasteiger partial charge in [0.05, 0.1) is 11.6 Å². The average Bonchev–Trinajstić information content (AvgIpc) is 2.74. The van der Waals surface area contributed by atoms with Crippen LogP contribution in [0.2, 0.25) is 0 Å². The number of piperidine rings is 1. The highest BCUT2D eigenvalue weighted by atomic mass is 16.4. The quantitative estimate of drug-likeness (QED) is 0.852. The highest BCUT2D eigenvalue weighted by Crippen LogP contribution is 2.30. The fraction of sp³-hybridized carbons (Fsp3) is 0.500. The van der Waals surface area contributed by atoms with Crippen LogP contribution in [-0.2, 0) is 7.05 Å². The standard InChI is InChI=1S/C14H18N2O3/c1-16-11-3-2-10(8-12(11)19-14(16)18)13(17)9-4-6-15-7-5-9/h2-3,8-9,13,15,17H,4-7H2,1H3. The van der Waals surface area contributed by atoms with Crippen molar-refractivity contribution in [2.75, 3.05) is 13.1 Å². The number of aliphatic hydroxyl groups is 1. The molecule has 1 aliphatic heterocycles. The number of hydrogen-bond acceptors (Lipinski definition) is 4. The molecule has 0 spiro atoms. The normalized spacial score (nSPS) is 18.8. The molecule has 1 fully saturated rings. The third-order valence-corrected chi connectivity index (χ3v) is 3.99. The SMILES string of the molecule is Cn1c(=O)oc2cc(C(O)C3CCNCC3)ccc21. The maximum Gasteiger partial charge on any atom is 0.419 e. The van der Waals surface area contributed by atoms with E-state index < -0.39 is 6.10 Å². The Labute approximate surface area is 110 Å². The van der Waals surface area contributed by atoms with Crippen LogP contribution >= 0.6 is 0 Å². The summed E-state index contributed by atoms with van der Waals surface area (Å²) in [5, 5.41) is 13.7. The van der Waals surface area contributed by atoms with Gasteiger partial charge in [-0.05, 0) is 49.5 Å². The van der Waals surface area contributed by atoms with Crippen molar-refractivity contribution < 1.29 is 9.52 Å². The maximum absolute atomic E-state index is 11.4. The van der Waals surface area contributed by atoms with E-state index in [2.05, 4.69) is 5.32 Å². The van der Waals surface area contributed by atoms with E-state index in [-0.39, 0.29) is 11.7 Å². The summed E-state index contributed by atoms with van der Waals surface area (Å²) in [5.74, 6) is -0.0994. The first-order valence-electron chi connectivity index (χ1n) is 6.65. The monoisotopic (exact) mass is 262 g/mol. The molecule has 0 bridgehead atoms. The van der Waals surface area contributed by atoms with E-state index in [1.165, 1.54) is 4.57 Å². The van der Waals surface area contributed by atoms with Gasteiger partial charge in [0.25, 0.3) is 0 Å². The Morgan fingerprint density at radius 3 is 2.89 bits per heavy atom. The first kappa shape index (κ1) is 12.4. The molecule has 5 heteroatoms. The van der Waals surface area contributed by atoms with Gasteiger partial charge in [0.15, 0.2) is 5.58 Å². The van der Waals surface area contributed by atoms with E-state index >= 15 is 0 Å². The summed E-state index contributed by atoms with van der Waals surface area (Å²) in [6.07, 6.45) is 1.45. The zero-order chi connectivity index (χ0) is 13.4. The number of aryl methyl sites for hydroxylation is 1. The van der Waals surface area contributed by atoms with Crippen LogP contribution in [0, 0.1) is 5.92 Å². The number of oxazole rings is 1. The van der Waals surface area contributed by atoms with E-state index in [0.717, 1.165) is 37.0 Å². The summed E-state index contributed by atoms with van der Waals surface area (Å²) in [5.41, 5.74) is 2.12. The minimum atomic E-state index is -0.489. The molecular weight excluding hydrogens is 244 g/mol. The average molecular weight is 262 g/mol. The smallest absolute Gasteiger partial charge is 0.408 e. The van der Waals surface area contributed by atoms with Crippen molar-refractivity contribution in [1.82, 2.24) is 9.88 Å². The van der Waals surface area contributed by atoms with Gasteiger partial charge in [0, 0.05) is 7.05 Å². The lowest BCUT2D eigenvalue weighted by molar-refractivity contribution is 0.0890. The molecule has 0 amide bonds. The van der Waals surface area contributed by atoms with Gasteiger partial charge < -0.3 is 14.8 Å². The minimum absolute atomic E-state index is 0.272. The van der Waals surface area contributed by atoms with Gasteiger partial charge in [0.1, 0.15) is 0 Å². The van der Waals surface area contributed by atoms with Crippen molar-refractivity contribution in [1.29, 1.82) is 0 Å². The van der Waals surface area contributed by atoms with E-state index in [4.69, 9.17) is 4.42 Å². The molecule has 0 aliphatic carbocycles. The molecule has 1 unspecified atom stereocenters. The second-order valence-corrected chi connectivity index (χ2v) is 5.19. The van der Waals surface area contributed by atoms with Crippen molar-refractivity contribution in [2.24, 2.45) is 13.0 Å². The largest absolute Gasteiger partial charge is 0.419 e. The third kappa shape index (κ3) is 2.19. The number of rotatable bonds is 2. The summed E-state index contributed by atoms with van der Waals surface area (Å²) >= 11 is 0. The maximum atomic E-state index is 11.4. The first-order valence-corrected chi connectivity index (χ1v) is 6.65. The van der Waals surface area contributed by atoms with Gasteiger partial charge in [-0.25, -0.2) is 4.79 Å². The number of fused-ring (bicyclic) bond motifs is 1. The van der Waals surface area contributed by atoms with Crippen LogP contribution in [0.3, 0.4) is 0 Å². The topological polar surface area (TPSA) is 67.4 Å². The van der Waals surface area contributed by atoms with Gasteiger partial charge in [-0.1, -0.05) is 6.07 Å². The molecule has 1 atom stereocenters. The van der Waals surface area contributed by atoms with Gasteiger partial charge in [-0.2, -0.15) is 0 Å². The molecule has 19 heavy (non-hydrogen) atoms. The van der Waals surface area contributed by atoms with E-state index in [1.54, 1.807) is 13.1 Å². The van der Waals surface area contributed by atoms with Crippen molar-refractivity contribution >= 4 is 11.1 Å². The molecule has 2 N–H and O–H groups in total. The summed E-state index contributed by atoms with van der Waals surface area (Å²) in [4.78, 5) is 11.4. The summed E-state index contributed by atoms with van der Waals surface area (Å²) in [7, 11) is 1.68. The number of nitrogens with one attached hydrogen (secondary N) is 1. The molecule has 5 nitrogen and oxygen atoms in total. The predicted octanol–water partition coefficient (Wildman–Crippen LogP) is 1.16. The number of benzene rings is 1. The van der Waals surface area contributed by atoms with Crippen molar-refractivity contribution in [3.8, 4) is 0 Å². The summed E-state index contributed by atoms with van der Waals surface area (Å²) < 4.78 is 6.63. The van der Waals surface area contributed by atoms with Gasteiger partial charge in [0.2, 0.25) is 0 Å². The van der Waals surface area contributed by atoms with Crippen LogP contribution in [0.1, 0.15) is 24.5 Å². The van der Waals surface area contributed by atoms with Crippen LogP contribution < -0.4 is 11.1 Å². The molecule has 1 aliphatic rings. The third-order valence-electron chi connectivity index (χ3n) is 3.99. The molecule has 1 saturated heterocycles. The molecule has 102 valence electrons. The lowest BCUT2D eigenvalue weighted by Gasteiger charge is -2.27. The Hall–Kier alpha value is -1.59. The molecule has 3 rings (SSSR count). The lowest BCUT2D eigenvalue weighted by atomic mass is 9.88. The molecule has 0 radical (unpaired) electrons. The molecule has 1 aromatic carbocycles. The summed E-state index contributed by atoms with van der Waals surface area (Å²) in [6, 6.07) is 5.49. The van der Waals surface area contributed by atoms with E-state index in [0.29, 0.717) is 5.58 Å². The van der Waals surface area contributed by atoms with Crippen molar-refractivity contribution in [2.45, 2.75) is 18.9 Å². The van der Waals surface area contributed by atoms with Crippen LogP contribution in [0.4, 0.5) is 0 Å². The van der Waals surface area contributed by atoms with E-state index in [1.807, 2.05) is 12.1 Å².